The monoisotopic (exact) mass is 239 g/mol. The molecular formula is C15H17N3. The van der Waals surface area contributed by atoms with E-state index in [1.165, 1.54) is 5.56 Å². The zero-order chi connectivity index (χ0) is 13.0. The highest BCUT2D eigenvalue weighted by atomic mass is 15.3. The first-order chi connectivity index (χ1) is 8.84. The Morgan fingerprint density at radius 3 is 2.39 bits per heavy atom. The van der Waals surface area contributed by atoms with Gasteiger partial charge in [-0.3, -0.25) is 0 Å². The van der Waals surface area contributed by atoms with Gasteiger partial charge in [0.15, 0.2) is 5.65 Å². The van der Waals surface area contributed by atoms with E-state index >= 15 is 0 Å². The normalized spacial score (nSPS) is 9.94. The molecule has 3 nitrogen and oxygen atoms in total. The molecule has 3 heteroatoms. The predicted molar refractivity (Wildman–Crippen MR) is 74.5 cm³/mol. The molecule has 18 heavy (non-hydrogen) atoms. The molecule has 3 rings (SSSR count). The van der Waals surface area contributed by atoms with E-state index in [-0.39, 0.29) is 0 Å². The Bertz CT molecular complexity index is 627. The third kappa shape index (κ3) is 2.25. The topological polar surface area (TPSA) is 30.2 Å². The lowest BCUT2D eigenvalue weighted by Gasteiger charge is -2.01. The highest BCUT2D eigenvalue weighted by molar-refractivity contribution is 5.76. The van der Waals surface area contributed by atoms with E-state index < -0.39 is 0 Å². The van der Waals surface area contributed by atoms with Crippen LogP contribution in [0.2, 0.25) is 0 Å². The van der Waals surface area contributed by atoms with Crippen LogP contribution in [0.1, 0.15) is 19.7 Å². The zero-order valence-electron chi connectivity index (χ0n) is 11.0. The number of benzene rings is 1. The van der Waals surface area contributed by atoms with Crippen molar-refractivity contribution in [3.05, 3.63) is 54.5 Å². The molecule has 1 aromatic carbocycles. The van der Waals surface area contributed by atoms with E-state index in [4.69, 9.17) is 0 Å². The molecule has 0 aliphatic carbocycles. The van der Waals surface area contributed by atoms with Crippen LogP contribution in [0.5, 0.6) is 0 Å². The summed E-state index contributed by atoms with van der Waals surface area (Å²) in [5, 5.41) is 4.30. The molecule has 92 valence electrons. The molecule has 0 spiro atoms. The van der Waals surface area contributed by atoms with Crippen molar-refractivity contribution in [3.8, 4) is 11.1 Å². The smallest absolute Gasteiger partial charge is 0.163 e. The van der Waals surface area contributed by atoms with E-state index in [2.05, 4.69) is 28.3 Å². The van der Waals surface area contributed by atoms with Crippen LogP contribution in [0.25, 0.3) is 16.8 Å². The summed E-state index contributed by atoms with van der Waals surface area (Å²) in [7, 11) is 0. The average Bonchev–Trinajstić information content (AvgIpc) is 2.82. The van der Waals surface area contributed by atoms with Gasteiger partial charge in [-0.1, -0.05) is 44.2 Å². The molecule has 0 aliphatic rings. The number of aryl methyl sites for hydroxylation is 1. The Morgan fingerprint density at radius 1 is 0.944 bits per heavy atom. The molecule has 2 heterocycles. The quantitative estimate of drug-likeness (QED) is 0.647. The van der Waals surface area contributed by atoms with E-state index in [1.54, 1.807) is 0 Å². The van der Waals surface area contributed by atoms with Gasteiger partial charge in [-0.2, -0.15) is 5.10 Å². The van der Waals surface area contributed by atoms with Crippen LogP contribution in [-0.2, 0) is 0 Å². The van der Waals surface area contributed by atoms with Gasteiger partial charge >= 0.3 is 0 Å². The fourth-order valence-corrected chi connectivity index (χ4v) is 1.86. The average molecular weight is 239 g/mol. The summed E-state index contributed by atoms with van der Waals surface area (Å²) in [4.78, 5) is 4.44. The first-order valence-corrected chi connectivity index (χ1v) is 6.22. The van der Waals surface area contributed by atoms with Crippen molar-refractivity contribution in [2.45, 2.75) is 20.8 Å². The van der Waals surface area contributed by atoms with Gasteiger partial charge < -0.3 is 0 Å². The summed E-state index contributed by atoms with van der Waals surface area (Å²) < 4.78 is 1.82. The third-order valence-electron chi connectivity index (χ3n) is 2.55. The van der Waals surface area contributed by atoms with Crippen molar-refractivity contribution in [3.63, 3.8) is 0 Å². The van der Waals surface area contributed by atoms with E-state index in [0.29, 0.717) is 0 Å². The first-order valence-electron chi connectivity index (χ1n) is 6.22. The molecule has 0 unspecified atom stereocenters. The van der Waals surface area contributed by atoms with E-state index in [1.807, 2.05) is 55.7 Å². The minimum Gasteiger partial charge on any atom is -0.220 e. The van der Waals surface area contributed by atoms with Gasteiger partial charge in [0.1, 0.15) is 5.82 Å². The molecule has 2 aromatic heterocycles. The van der Waals surface area contributed by atoms with Crippen LogP contribution in [0.4, 0.5) is 0 Å². The molecule has 3 aromatic rings. The van der Waals surface area contributed by atoms with Gasteiger partial charge in [0.25, 0.3) is 0 Å². The molecular weight excluding hydrogens is 222 g/mol. The summed E-state index contributed by atoms with van der Waals surface area (Å²) in [6, 6.07) is 14.3. The second-order valence-corrected chi connectivity index (χ2v) is 3.72. The summed E-state index contributed by atoms with van der Waals surface area (Å²) in [5.74, 6) is 0.795. The van der Waals surface area contributed by atoms with Crippen molar-refractivity contribution >= 4 is 5.65 Å². The lowest BCUT2D eigenvalue weighted by atomic mass is 10.1. The fourth-order valence-electron chi connectivity index (χ4n) is 1.86. The summed E-state index contributed by atoms with van der Waals surface area (Å²) in [6.45, 7) is 5.90. The number of fused-ring (bicyclic) bond motifs is 1. The van der Waals surface area contributed by atoms with Gasteiger partial charge in [-0.15, -0.1) is 0 Å². The predicted octanol–water partition coefficient (Wildman–Crippen LogP) is 3.73. The molecule has 0 N–H and O–H groups in total. The second kappa shape index (κ2) is 5.45. The first kappa shape index (κ1) is 12.3. The third-order valence-corrected chi connectivity index (χ3v) is 2.55. The Labute approximate surface area is 107 Å². The van der Waals surface area contributed by atoms with Crippen LogP contribution in [0, 0.1) is 6.92 Å². The molecule has 0 bridgehead atoms. The van der Waals surface area contributed by atoms with Crippen LogP contribution in [-0.4, -0.2) is 14.6 Å². The highest BCUT2D eigenvalue weighted by Crippen LogP contribution is 2.22. The summed E-state index contributed by atoms with van der Waals surface area (Å²) in [6.07, 6.45) is 1.92. The molecule has 0 aliphatic heterocycles. The van der Waals surface area contributed by atoms with Crippen molar-refractivity contribution < 1.29 is 0 Å². The molecule has 0 atom stereocenters. The number of nitrogens with zero attached hydrogens (tertiary/aromatic N) is 3. The number of hydrogen-bond acceptors (Lipinski definition) is 2. The minimum absolute atomic E-state index is 0.795. The Morgan fingerprint density at radius 2 is 1.67 bits per heavy atom. The standard InChI is InChI=1S/C13H11N3.C2H6/c1-10-14-13-12(8-5-9-16(13)15-10)11-6-3-2-4-7-11;1-2/h2-9H,1H3;1-2H3. The van der Waals surface area contributed by atoms with Crippen molar-refractivity contribution in [2.75, 3.05) is 0 Å². The maximum absolute atomic E-state index is 4.44. The number of hydrogen-bond donors (Lipinski definition) is 0. The van der Waals surface area contributed by atoms with Gasteiger partial charge in [0.2, 0.25) is 0 Å². The molecule has 0 radical (unpaired) electrons. The molecule has 0 fully saturated rings. The SMILES string of the molecule is CC.Cc1nc2c(-c3ccccc3)cccn2n1. The fraction of sp³-hybridized carbons (Fsp3) is 0.200. The van der Waals surface area contributed by atoms with Crippen molar-refractivity contribution in [1.29, 1.82) is 0 Å². The molecule has 0 saturated heterocycles. The maximum atomic E-state index is 4.44. The van der Waals surface area contributed by atoms with Crippen molar-refractivity contribution in [2.24, 2.45) is 0 Å². The van der Waals surface area contributed by atoms with Gasteiger partial charge in [-0.05, 0) is 24.6 Å². The van der Waals surface area contributed by atoms with Gasteiger partial charge in [0.05, 0.1) is 0 Å². The van der Waals surface area contributed by atoms with Crippen LogP contribution in [0.3, 0.4) is 0 Å². The van der Waals surface area contributed by atoms with Crippen LogP contribution < -0.4 is 0 Å². The summed E-state index contributed by atoms with van der Waals surface area (Å²) >= 11 is 0. The van der Waals surface area contributed by atoms with Crippen LogP contribution >= 0.6 is 0 Å². The van der Waals surface area contributed by atoms with Crippen molar-refractivity contribution in [1.82, 2.24) is 14.6 Å². The van der Waals surface area contributed by atoms with E-state index in [0.717, 1.165) is 17.0 Å². The summed E-state index contributed by atoms with van der Waals surface area (Å²) in [5.41, 5.74) is 3.19. The number of pyridine rings is 1. The lowest BCUT2D eigenvalue weighted by molar-refractivity contribution is 0.931. The minimum atomic E-state index is 0.795. The lowest BCUT2D eigenvalue weighted by Crippen LogP contribution is -1.89. The van der Waals surface area contributed by atoms with Gasteiger partial charge in [0, 0.05) is 11.8 Å². The zero-order valence-corrected chi connectivity index (χ0v) is 11.0. The van der Waals surface area contributed by atoms with Gasteiger partial charge in [-0.25, -0.2) is 9.50 Å². The maximum Gasteiger partial charge on any atom is 0.163 e. The largest absolute Gasteiger partial charge is 0.220 e. The second-order valence-electron chi connectivity index (χ2n) is 3.72. The van der Waals surface area contributed by atoms with Crippen LogP contribution in [0.15, 0.2) is 48.7 Å². The Hall–Kier alpha value is -2.16. The molecule has 0 amide bonds. The Balaban J connectivity index is 0.000000574. The highest BCUT2D eigenvalue weighted by Gasteiger charge is 2.06. The number of rotatable bonds is 1. The molecule has 0 saturated carbocycles. The Kier molecular flexibility index (Phi) is 3.72. The number of aromatic nitrogens is 3. The van der Waals surface area contributed by atoms with E-state index in [9.17, 15) is 0 Å².